The van der Waals surface area contributed by atoms with Crippen molar-refractivity contribution in [3.63, 3.8) is 0 Å². The average Bonchev–Trinajstić information content (AvgIpc) is 3.03. The number of allylic oxidation sites excluding steroid dienone is 2. The summed E-state index contributed by atoms with van der Waals surface area (Å²) in [5, 5.41) is 9.09. The maximum Gasteiger partial charge on any atom is 0.335 e. The van der Waals surface area contributed by atoms with Crippen molar-refractivity contribution in [1.29, 1.82) is 0 Å². The van der Waals surface area contributed by atoms with E-state index in [1.165, 1.54) is 29.0 Å². The number of carbonyl (C=O) groups is 1. The smallest absolute Gasteiger partial charge is 0.335 e. The Hall–Kier alpha value is -1.72. The third-order valence-corrected chi connectivity index (χ3v) is 6.05. The molecule has 1 aliphatic carbocycles. The zero-order chi connectivity index (χ0) is 16.0. The minimum atomic E-state index is -0.853. The van der Waals surface area contributed by atoms with Crippen molar-refractivity contribution in [2.75, 3.05) is 11.4 Å². The van der Waals surface area contributed by atoms with Crippen molar-refractivity contribution in [2.45, 2.75) is 42.7 Å². The third kappa shape index (κ3) is 2.48. The van der Waals surface area contributed by atoms with Crippen LogP contribution in [0.2, 0.25) is 0 Å². The molecule has 0 spiro atoms. The third-order valence-electron chi connectivity index (χ3n) is 5.11. The Morgan fingerprint density at radius 3 is 3.09 bits per heavy atom. The standard InChI is InChI=1S/C18H20N2O2S/c1-18(8-6-12(7-9-18)17(21)22)13-4-5-14-15(11-13)23-19-16-3-2-10-20(14)16/h4-8,11,16,19H,2-3,9-10H2,1H3,(H,21,22). The van der Waals surface area contributed by atoms with Crippen LogP contribution in [0, 0.1) is 0 Å². The maximum atomic E-state index is 11.1. The highest BCUT2D eigenvalue weighted by atomic mass is 32.2. The molecular weight excluding hydrogens is 308 g/mol. The molecule has 0 radical (unpaired) electrons. The van der Waals surface area contributed by atoms with E-state index in [-0.39, 0.29) is 5.41 Å². The average molecular weight is 328 g/mol. The predicted molar refractivity (Wildman–Crippen MR) is 92.6 cm³/mol. The first-order chi connectivity index (χ1) is 11.1. The van der Waals surface area contributed by atoms with Crippen LogP contribution in [0.4, 0.5) is 5.69 Å². The van der Waals surface area contributed by atoms with Crippen LogP contribution in [-0.4, -0.2) is 23.8 Å². The van der Waals surface area contributed by atoms with Gasteiger partial charge < -0.3 is 10.0 Å². The van der Waals surface area contributed by atoms with Crippen LogP contribution in [0.25, 0.3) is 0 Å². The number of nitrogens with one attached hydrogen (secondary N) is 1. The van der Waals surface area contributed by atoms with Gasteiger partial charge in [-0.3, -0.25) is 0 Å². The molecule has 0 saturated carbocycles. The highest BCUT2D eigenvalue weighted by Gasteiger charge is 2.32. The summed E-state index contributed by atoms with van der Waals surface area (Å²) in [7, 11) is 0. The number of rotatable bonds is 2. The fourth-order valence-electron chi connectivity index (χ4n) is 3.60. The van der Waals surface area contributed by atoms with Gasteiger partial charge >= 0.3 is 5.97 Å². The summed E-state index contributed by atoms with van der Waals surface area (Å²) in [6.07, 6.45) is 9.20. The molecule has 0 bridgehead atoms. The minimum Gasteiger partial charge on any atom is -0.478 e. The number of carboxylic acid groups (broad SMARTS) is 1. The second-order valence-electron chi connectivity index (χ2n) is 6.67. The first-order valence-corrected chi connectivity index (χ1v) is 8.85. The van der Waals surface area contributed by atoms with Crippen LogP contribution < -0.4 is 9.62 Å². The molecule has 120 valence electrons. The molecule has 1 saturated heterocycles. The van der Waals surface area contributed by atoms with Gasteiger partial charge in [-0.15, -0.1) is 0 Å². The van der Waals surface area contributed by atoms with Crippen molar-refractivity contribution < 1.29 is 9.90 Å². The summed E-state index contributed by atoms with van der Waals surface area (Å²) in [4.78, 5) is 14.8. The molecular formula is C18H20N2O2S. The number of nitrogens with zero attached hydrogens (tertiary/aromatic N) is 1. The number of hydrogen-bond donors (Lipinski definition) is 2. The van der Waals surface area contributed by atoms with E-state index < -0.39 is 5.97 Å². The Bertz CT molecular complexity index is 728. The SMILES string of the molecule is CC1(c2ccc3c(c2)SNC2CCCN32)C=CC(C(=O)O)=CC1. The van der Waals surface area contributed by atoms with Gasteiger partial charge in [-0.05, 0) is 48.9 Å². The van der Waals surface area contributed by atoms with Crippen LogP contribution in [0.5, 0.6) is 0 Å². The molecule has 4 nitrogen and oxygen atoms in total. The molecule has 4 rings (SSSR count). The van der Waals surface area contributed by atoms with E-state index in [1.807, 2.05) is 12.2 Å². The largest absolute Gasteiger partial charge is 0.478 e. The van der Waals surface area contributed by atoms with E-state index >= 15 is 0 Å². The van der Waals surface area contributed by atoms with E-state index in [0.717, 1.165) is 6.54 Å². The van der Waals surface area contributed by atoms with Crippen LogP contribution in [0.1, 0.15) is 31.7 Å². The predicted octanol–water partition coefficient (Wildman–Crippen LogP) is 3.45. The van der Waals surface area contributed by atoms with Crippen molar-refractivity contribution in [3.8, 4) is 0 Å². The molecule has 5 heteroatoms. The Morgan fingerprint density at radius 1 is 1.48 bits per heavy atom. The van der Waals surface area contributed by atoms with Gasteiger partial charge in [0, 0.05) is 16.9 Å². The quantitative estimate of drug-likeness (QED) is 0.815. The molecule has 2 aliphatic heterocycles. The second-order valence-corrected chi connectivity index (χ2v) is 7.55. The topological polar surface area (TPSA) is 52.6 Å². The molecule has 3 aliphatic rings. The van der Waals surface area contributed by atoms with Gasteiger partial charge in [0.2, 0.25) is 0 Å². The van der Waals surface area contributed by atoms with Crippen molar-refractivity contribution >= 4 is 23.6 Å². The number of hydrogen-bond acceptors (Lipinski definition) is 4. The van der Waals surface area contributed by atoms with Crippen LogP contribution in [-0.2, 0) is 10.2 Å². The lowest BCUT2D eigenvalue weighted by atomic mass is 9.76. The molecule has 1 aromatic carbocycles. The number of fused-ring (bicyclic) bond motifs is 3. The monoisotopic (exact) mass is 328 g/mol. The Labute approximate surface area is 140 Å². The minimum absolute atomic E-state index is 0.142. The summed E-state index contributed by atoms with van der Waals surface area (Å²) in [6.45, 7) is 3.28. The number of benzene rings is 1. The molecule has 0 aromatic heterocycles. The van der Waals surface area contributed by atoms with Gasteiger partial charge in [-0.25, -0.2) is 9.52 Å². The lowest BCUT2D eigenvalue weighted by Gasteiger charge is -2.35. The summed E-state index contributed by atoms with van der Waals surface area (Å²) in [5.41, 5.74) is 2.80. The molecule has 1 fully saturated rings. The zero-order valence-corrected chi connectivity index (χ0v) is 13.9. The van der Waals surface area contributed by atoms with E-state index in [1.54, 1.807) is 18.0 Å². The summed E-state index contributed by atoms with van der Waals surface area (Å²) in [5.74, 6) is -0.853. The van der Waals surface area contributed by atoms with Gasteiger partial charge in [0.15, 0.2) is 0 Å². The molecule has 1 aromatic rings. The lowest BCUT2D eigenvalue weighted by molar-refractivity contribution is -0.132. The molecule has 2 unspecified atom stereocenters. The number of carboxylic acids is 1. The summed E-state index contributed by atoms with van der Waals surface area (Å²) in [6, 6.07) is 6.68. The van der Waals surface area contributed by atoms with Crippen LogP contribution in [0.15, 0.2) is 46.9 Å². The van der Waals surface area contributed by atoms with Crippen LogP contribution >= 0.6 is 11.9 Å². The molecule has 2 N–H and O–H groups in total. The molecule has 2 heterocycles. The van der Waals surface area contributed by atoms with Gasteiger partial charge in [0.25, 0.3) is 0 Å². The Morgan fingerprint density at radius 2 is 2.35 bits per heavy atom. The molecule has 23 heavy (non-hydrogen) atoms. The van der Waals surface area contributed by atoms with Crippen LogP contribution in [0.3, 0.4) is 0 Å². The second kappa shape index (κ2) is 5.42. The van der Waals surface area contributed by atoms with Crippen molar-refractivity contribution in [1.82, 2.24) is 4.72 Å². The normalized spacial score (nSPS) is 29.0. The maximum absolute atomic E-state index is 11.1. The lowest BCUT2D eigenvalue weighted by Crippen LogP contribution is -2.41. The highest BCUT2D eigenvalue weighted by molar-refractivity contribution is 7.97. The molecule has 2 atom stereocenters. The highest BCUT2D eigenvalue weighted by Crippen LogP contribution is 2.42. The van der Waals surface area contributed by atoms with E-state index in [9.17, 15) is 4.79 Å². The first kappa shape index (κ1) is 14.8. The summed E-state index contributed by atoms with van der Waals surface area (Å²) >= 11 is 1.72. The van der Waals surface area contributed by atoms with E-state index in [0.29, 0.717) is 18.2 Å². The van der Waals surface area contributed by atoms with Gasteiger partial charge in [0.05, 0.1) is 17.4 Å². The van der Waals surface area contributed by atoms with E-state index in [2.05, 4.69) is 34.7 Å². The Balaban J connectivity index is 1.64. The number of aliphatic carboxylic acids is 1. The van der Waals surface area contributed by atoms with Gasteiger partial charge in [0.1, 0.15) is 0 Å². The van der Waals surface area contributed by atoms with E-state index in [4.69, 9.17) is 5.11 Å². The molecule has 0 amide bonds. The zero-order valence-electron chi connectivity index (χ0n) is 13.1. The summed E-state index contributed by atoms with van der Waals surface area (Å²) < 4.78 is 3.54. The fourth-order valence-corrected chi connectivity index (χ4v) is 4.59. The Kier molecular flexibility index (Phi) is 3.50. The van der Waals surface area contributed by atoms with Gasteiger partial charge in [-0.1, -0.05) is 31.2 Å². The number of anilines is 1. The fraction of sp³-hybridized carbons (Fsp3) is 0.389. The first-order valence-electron chi connectivity index (χ1n) is 8.03. The van der Waals surface area contributed by atoms with Crippen molar-refractivity contribution in [2.24, 2.45) is 0 Å². The van der Waals surface area contributed by atoms with Crippen molar-refractivity contribution in [3.05, 3.63) is 47.6 Å². The van der Waals surface area contributed by atoms with Gasteiger partial charge in [-0.2, -0.15) is 0 Å².